The van der Waals surface area contributed by atoms with Crippen LogP contribution in [0.4, 0.5) is 0 Å². The van der Waals surface area contributed by atoms with E-state index in [1.165, 1.54) is 11.9 Å². The van der Waals surface area contributed by atoms with Crippen molar-refractivity contribution in [3.8, 4) is 0 Å². The third-order valence-corrected chi connectivity index (χ3v) is 3.39. The lowest BCUT2D eigenvalue weighted by atomic mass is 9.94. The molecular weight excluding hydrogens is 210 g/mol. The van der Waals surface area contributed by atoms with Gasteiger partial charge in [-0.1, -0.05) is 42.3 Å². The van der Waals surface area contributed by atoms with E-state index in [-0.39, 0.29) is 18.1 Å². The Hall–Kier alpha value is -1.00. The van der Waals surface area contributed by atoms with Crippen molar-refractivity contribution in [2.24, 2.45) is 0 Å². The molecule has 0 aromatic heterocycles. The van der Waals surface area contributed by atoms with Crippen LogP contribution in [0.25, 0.3) is 0 Å². The molecule has 0 aliphatic carbocycles. The van der Waals surface area contributed by atoms with Gasteiger partial charge < -0.3 is 4.74 Å². The van der Waals surface area contributed by atoms with E-state index in [1.54, 1.807) is 11.4 Å². The van der Waals surface area contributed by atoms with Crippen LogP contribution in [-0.2, 0) is 9.53 Å². The first-order chi connectivity index (χ1) is 7.29. The van der Waals surface area contributed by atoms with Gasteiger partial charge in [-0.25, -0.2) is 0 Å². The molecule has 1 aliphatic heterocycles. The van der Waals surface area contributed by atoms with E-state index < -0.39 is 0 Å². The standard InChI is InChI=1S/C11H13NO2S/c1-14-10-9(12(15-2)11(10)13)8-6-4-3-5-7-8/h3-7,9-10H,1-2H3/t9-,10+/m0/s1. The van der Waals surface area contributed by atoms with Gasteiger partial charge in [0.25, 0.3) is 5.91 Å². The molecule has 0 spiro atoms. The summed E-state index contributed by atoms with van der Waals surface area (Å²) in [5.41, 5.74) is 1.12. The van der Waals surface area contributed by atoms with Crippen molar-refractivity contribution in [3.63, 3.8) is 0 Å². The molecule has 0 saturated carbocycles. The molecule has 1 fully saturated rings. The Bertz CT molecular complexity index is 341. The normalized spacial score (nSPS) is 25.2. The van der Waals surface area contributed by atoms with E-state index in [1.807, 2.05) is 36.6 Å². The van der Waals surface area contributed by atoms with Gasteiger partial charge in [-0.05, 0) is 5.56 Å². The van der Waals surface area contributed by atoms with Gasteiger partial charge in [-0.15, -0.1) is 0 Å². The molecule has 1 aromatic rings. The number of methoxy groups -OCH3 is 1. The molecule has 0 bridgehead atoms. The largest absolute Gasteiger partial charge is 0.369 e. The Labute approximate surface area is 93.5 Å². The van der Waals surface area contributed by atoms with Gasteiger partial charge in [0.2, 0.25) is 0 Å². The fourth-order valence-electron chi connectivity index (χ4n) is 1.83. The summed E-state index contributed by atoms with van der Waals surface area (Å²) in [6.45, 7) is 0. The lowest BCUT2D eigenvalue weighted by Gasteiger charge is -2.44. The number of rotatable bonds is 3. The third-order valence-electron chi connectivity index (χ3n) is 2.59. The smallest absolute Gasteiger partial charge is 0.264 e. The Morgan fingerprint density at radius 2 is 2.00 bits per heavy atom. The van der Waals surface area contributed by atoms with Crippen molar-refractivity contribution in [2.75, 3.05) is 13.4 Å². The first-order valence-corrected chi connectivity index (χ1v) is 5.92. The summed E-state index contributed by atoms with van der Waals surface area (Å²) < 4.78 is 6.95. The zero-order valence-electron chi connectivity index (χ0n) is 8.71. The van der Waals surface area contributed by atoms with Crippen molar-refractivity contribution in [1.82, 2.24) is 4.31 Å². The van der Waals surface area contributed by atoms with Crippen LogP contribution < -0.4 is 0 Å². The number of hydrogen-bond donors (Lipinski definition) is 0. The van der Waals surface area contributed by atoms with Crippen LogP contribution >= 0.6 is 11.9 Å². The van der Waals surface area contributed by atoms with Crippen LogP contribution in [-0.4, -0.2) is 29.7 Å². The zero-order valence-corrected chi connectivity index (χ0v) is 9.53. The number of carbonyl (C=O) groups excluding carboxylic acids is 1. The minimum atomic E-state index is -0.320. The molecular formula is C11H13NO2S. The van der Waals surface area contributed by atoms with Crippen molar-refractivity contribution in [2.45, 2.75) is 12.1 Å². The van der Waals surface area contributed by atoms with Crippen LogP contribution in [0.3, 0.4) is 0 Å². The van der Waals surface area contributed by atoms with Gasteiger partial charge in [0, 0.05) is 13.4 Å². The third kappa shape index (κ3) is 1.64. The molecule has 0 N–H and O–H groups in total. The fourth-order valence-corrected chi connectivity index (χ4v) is 2.58. The van der Waals surface area contributed by atoms with E-state index in [4.69, 9.17) is 4.74 Å². The van der Waals surface area contributed by atoms with Crippen molar-refractivity contribution in [3.05, 3.63) is 35.9 Å². The van der Waals surface area contributed by atoms with Crippen LogP contribution in [0.2, 0.25) is 0 Å². The molecule has 1 aromatic carbocycles. The van der Waals surface area contributed by atoms with E-state index >= 15 is 0 Å². The monoisotopic (exact) mass is 223 g/mol. The number of ether oxygens (including phenoxy) is 1. The van der Waals surface area contributed by atoms with Crippen LogP contribution in [0.1, 0.15) is 11.6 Å². The number of benzene rings is 1. The predicted octanol–water partition coefficient (Wildman–Crippen LogP) is 1.86. The quantitative estimate of drug-likeness (QED) is 0.578. The summed E-state index contributed by atoms with van der Waals surface area (Å²) in [5.74, 6) is 0.0545. The summed E-state index contributed by atoms with van der Waals surface area (Å²) in [7, 11) is 1.58. The second-order valence-corrected chi connectivity index (χ2v) is 4.12. The topological polar surface area (TPSA) is 29.5 Å². The molecule has 15 heavy (non-hydrogen) atoms. The molecule has 80 valence electrons. The maximum absolute atomic E-state index is 11.6. The second-order valence-electron chi connectivity index (χ2n) is 3.36. The maximum atomic E-state index is 11.6. The summed E-state index contributed by atoms with van der Waals surface area (Å²) in [5, 5.41) is 0. The first-order valence-electron chi connectivity index (χ1n) is 4.74. The van der Waals surface area contributed by atoms with Crippen molar-refractivity contribution in [1.29, 1.82) is 0 Å². The Morgan fingerprint density at radius 1 is 1.33 bits per heavy atom. The van der Waals surface area contributed by atoms with E-state index in [0.29, 0.717) is 0 Å². The molecule has 0 unspecified atom stereocenters. The van der Waals surface area contributed by atoms with Crippen molar-refractivity contribution >= 4 is 17.9 Å². The lowest BCUT2D eigenvalue weighted by Crippen LogP contribution is -2.55. The highest BCUT2D eigenvalue weighted by molar-refractivity contribution is 7.96. The SMILES string of the molecule is CO[C@H]1C(=O)N(SC)[C@H]1c1ccccc1. The van der Waals surface area contributed by atoms with Crippen LogP contribution in [0, 0.1) is 0 Å². The van der Waals surface area contributed by atoms with Crippen LogP contribution in [0.5, 0.6) is 0 Å². The van der Waals surface area contributed by atoms with E-state index in [2.05, 4.69) is 0 Å². The van der Waals surface area contributed by atoms with Gasteiger partial charge in [-0.3, -0.25) is 9.10 Å². The Kier molecular flexibility index (Phi) is 2.98. The average molecular weight is 223 g/mol. The molecule has 1 saturated heterocycles. The Balaban J connectivity index is 2.24. The van der Waals surface area contributed by atoms with E-state index in [0.717, 1.165) is 5.56 Å². The minimum Gasteiger partial charge on any atom is -0.369 e. The predicted molar refractivity (Wildman–Crippen MR) is 60.3 cm³/mol. The minimum absolute atomic E-state index is 0.0544. The van der Waals surface area contributed by atoms with E-state index in [9.17, 15) is 4.79 Å². The second kappa shape index (κ2) is 4.24. The lowest BCUT2D eigenvalue weighted by molar-refractivity contribution is -0.158. The molecule has 0 radical (unpaired) electrons. The number of carbonyl (C=O) groups is 1. The van der Waals surface area contributed by atoms with Gasteiger partial charge in [0.05, 0.1) is 0 Å². The summed E-state index contributed by atoms with van der Waals surface area (Å²) >= 11 is 1.45. The highest BCUT2D eigenvalue weighted by Crippen LogP contribution is 2.40. The number of hydrogen-bond acceptors (Lipinski definition) is 3. The molecule has 2 rings (SSSR count). The molecule has 4 heteroatoms. The maximum Gasteiger partial charge on any atom is 0.264 e. The molecule has 1 amide bonds. The van der Waals surface area contributed by atoms with Gasteiger partial charge in [-0.2, -0.15) is 0 Å². The van der Waals surface area contributed by atoms with Gasteiger partial charge in [0.1, 0.15) is 6.04 Å². The summed E-state index contributed by atoms with van der Waals surface area (Å²) in [4.78, 5) is 11.6. The first kappa shape index (κ1) is 10.5. The van der Waals surface area contributed by atoms with Crippen molar-refractivity contribution < 1.29 is 9.53 Å². The summed E-state index contributed by atoms with van der Waals surface area (Å²) in [6, 6.07) is 10.0. The van der Waals surface area contributed by atoms with Crippen LogP contribution in [0.15, 0.2) is 30.3 Å². The summed E-state index contributed by atoms with van der Waals surface area (Å²) in [6.07, 6.45) is 1.58. The molecule has 2 atom stereocenters. The average Bonchev–Trinajstić information content (AvgIpc) is 2.28. The molecule has 1 heterocycles. The number of nitrogens with zero attached hydrogens (tertiary/aromatic N) is 1. The highest BCUT2D eigenvalue weighted by Gasteiger charge is 2.48. The number of β-lactam (4-membered cyclic amide) rings is 1. The number of amides is 1. The molecule has 3 nitrogen and oxygen atoms in total. The van der Waals surface area contributed by atoms with Gasteiger partial charge >= 0.3 is 0 Å². The van der Waals surface area contributed by atoms with Gasteiger partial charge in [0.15, 0.2) is 6.10 Å². The zero-order chi connectivity index (χ0) is 10.8. The fraction of sp³-hybridized carbons (Fsp3) is 0.364. The Morgan fingerprint density at radius 3 is 2.53 bits per heavy atom. The molecule has 1 aliphatic rings. The highest BCUT2D eigenvalue weighted by atomic mass is 32.2.